The normalized spacial score (nSPS) is 14.8. The number of hydrogen-bond acceptors (Lipinski definition) is 4. The number of alkyl halides is 2. The third-order valence-electron chi connectivity index (χ3n) is 4.90. The Bertz CT molecular complexity index is 1270. The average Bonchev–Trinajstić information content (AvgIpc) is 3.49. The molecule has 1 aliphatic carbocycles. The second-order valence-corrected chi connectivity index (χ2v) is 7.47. The van der Waals surface area contributed by atoms with Crippen LogP contribution in [0.15, 0.2) is 42.9 Å². The van der Waals surface area contributed by atoms with Gasteiger partial charge in [-0.2, -0.15) is 10.4 Å². The van der Waals surface area contributed by atoms with Crippen LogP contribution in [0.1, 0.15) is 31.4 Å². The number of imidazole rings is 2. The Balaban J connectivity index is 0.000000282. The molecule has 0 aliphatic heterocycles. The molecule has 5 rings (SSSR count). The first kappa shape index (κ1) is 20.9. The van der Waals surface area contributed by atoms with E-state index in [4.69, 9.17) is 16.9 Å². The molecule has 31 heavy (non-hydrogen) atoms. The second kappa shape index (κ2) is 8.40. The van der Waals surface area contributed by atoms with Crippen LogP contribution in [0.3, 0.4) is 0 Å². The fraction of sp³-hybridized carbons (Fsp3) is 0.238. The fourth-order valence-electron chi connectivity index (χ4n) is 3.33. The molecular formula is C21H16ClF3N6. The van der Waals surface area contributed by atoms with Crippen molar-refractivity contribution in [3.63, 3.8) is 0 Å². The highest BCUT2D eigenvalue weighted by atomic mass is 35.5. The Morgan fingerprint density at radius 2 is 1.90 bits per heavy atom. The summed E-state index contributed by atoms with van der Waals surface area (Å²) in [6, 6.07) is 9.95. The van der Waals surface area contributed by atoms with E-state index in [1.807, 2.05) is 6.07 Å². The van der Waals surface area contributed by atoms with E-state index in [1.54, 1.807) is 18.2 Å². The Labute approximate surface area is 180 Å². The fourth-order valence-corrected chi connectivity index (χ4v) is 3.51. The van der Waals surface area contributed by atoms with E-state index in [-0.39, 0.29) is 17.9 Å². The first-order chi connectivity index (χ1) is 14.9. The van der Waals surface area contributed by atoms with Gasteiger partial charge < -0.3 is 4.98 Å². The van der Waals surface area contributed by atoms with E-state index in [0.717, 1.165) is 0 Å². The van der Waals surface area contributed by atoms with Gasteiger partial charge in [0.25, 0.3) is 0 Å². The van der Waals surface area contributed by atoms with Crippen LogP contribution in [0.5, 0.6) is 0 Å². The van der Waals surface area contributed by atoms with Crippen LogP contribution in [0.25, 0.3) is 28.3 Å². The molecule has 3 heterocycles. The predicted octanol–water partition coefficient (Wildman–Crippen LogP) is 5.65. The van der Waals surface area contributed by atoms with Gasteiger partial charge in [0.2, 0.25) is 5.92 Å². The Kier molecular flexibility index (Phi) is 5.65. The van der Waals surface area contributed by atoms with E-state index in [0.29, 0.717) is 46.8 Å². The van der Waals surface area contributed by atoms with Gasteiger partial charge in [0.05, 0.1) is 28.9 Å². The Morgan fingerprint density at radius 3 is 2.55 bits per heavy atom. The molecule has 0 amide bonds. The molecule has 0 saturated heterocycles. The molecule has 1 aliphatic rings. The predicted molar refractivity (Wildman–Crippen MR) is 109 cm³/mol. The van der Waals surface area contributed by atoms with Crippen LogP contribution in [-0.2, 0) is 0 Å². The molecule has 1 aromatic carbocycles. The number of nitrogens with one attached hydrogen (secondary N) is 1. The highest BCUT2D eigenvalue weighted by Crippen LogP contribution is 2.34. The minimum Gasteiger partial charge on any atom is -0.343 e. The van der Waals surface area contributed by atoms with Crippen molar-refractivity contribution in [1.82, 2.24) is 24.6 Å². The van der Waals surface area contributed by atoms with Crippen LogP contribution in [0.2, 0.25) is 5.02 Å². The van der Waals surface area contributed by atoms with Crippen LogP contribution >= 0.6 is 11.6 Å². The highest BCUT2D eigenvalue weighted by molar-refractivity contribution is 6.31. The second-order valence-electron chi connectivity index (χ2n) is 7.06. The molecule has 6 nitrogen and oxygen atoms in total. The maximum atomic E-state index is 13.4. The van der Waals surface area contributed by atoms with Crippen molar-refractivity contribution in [3.8, 4) is 28.7 Å². The maximum Gasteiger partial charge on any atom is 0.248 e. The van der Waals surface area contributed by atoms with Crippen molar-refractivity contribution in [3.05, 3.63) is 59.4 Å². The smallest absolute Gasteiger partial charge is 0.248 e. The third kappa shape index (κ3) is 4.39. The molecule has 0 bridgehead atoms. The summed E-state index contributed by atoms with van der Waals surface area (Å²) in [5, 5.41) is 13.6. The van der Waals surface area contributed by atoms with Gasteiger partial charge in [-0.3, -0.25) is 0 Å². The Morgan fingerprint density at radius 1 is 1.13 bits per heavy atom. The highest BCUT2D eigenvalue weighted by Gasteiger charge is 2.32. The van der Waals surface area contributed by atoms with Crippen molar-refractivity contribution in [2.24, 2.45) is 0 Å². The van der Waals surface area contributed by atoms with E-state index in [9.17, 15) is 13.2 Å². The molecule has 1 N–H and O–H groups in total. The number of nitriles is 1. The van der Waals surface area contributed by atoms with E-state index >= 15 is 0 Å². The number of halogens is 4. The van der Waals surface area contributed by atoms with Crippen molar-refractivity contribution in [2.45, 2.75) is 31.6 Å². The van der Waals surface area contributed by atoms with Crippen molar-refractivity contribution in [1.29, 1.82) is 5.26 Å². The monoisotopic (exact) mass is 444 g/mol. The SMILES string of the molecule is FC1(F)CCCC1.N#Cc1cnc2ccc(-c3[nH]cnc3-c3ccc(F)c(Cl)c3)nn12. The van der Waals surface area contributed by atoms with Gasteiger partial charge in [0, 0.05) is 18.4 Å². The molecule has 0 spiro atoms. The number of nitrogens with zero attached hydrogens (tertiary/aromatic N) is 5. The number of H-pyrrole nitrogens is 1. The summed E-state index contributed by atoms with van der Waals surface area (Å²) in [7, 11) is 0. The largest absolute Gasteiger partial charge is 0.343 e. The van der Waals surface area contributed by atoms with Crippen LogP contribution < -0.4 is 0 Å². The molecule has 4 aromatic rings. The maximum absolute atomic E-state index is 13.4. The molecule has 0 radical (unpaired) electrons. The van der Waals surface area contributed by atoms with Gasteiger partial charge in [0.1, 0.15) is 17.6 Å². The van der Waals surface area contributed by atoms with Gasteiger partial charge in [-0.05, 0) is 43.2 Å². The molecule has 3 aromatic heterocycles. The summed E-state index contributed by atoms with van der Waals surface area (Å²) in [4.78, 5) is 11.4. The summed E-state index contributed by atoms with van der Waals surface area (Å²) in [5.41, 5.74) is 3.36. The van der Waals surface area contributed by atoms with E-state index in [1.165, 1.54) is 29.2 Å². The number of rotatable bonds is 2. The van der Waals surface area contributed by atoms with Crippen LogP contribution in [0.4, 0.5) is 13.2 Å². The van der Waals surface area contributed by atoms with Gasteiger partial charge in [-0.25, -0.2) is 27.7 Å². The zero-order valence-electron chi connectivity index (χ0n) is 16.1. The van der Waals surface area contributed by atoms with Gasteiger partial charge in [-0.1, -0.05) is 11.6 Å². The van der Waals surface area contributed by atoms with Crippen LogP contribution in [0, 0.1) is 17.1 Å². The summed E-state index contributed by atoms with van der Waals surface area (Å²) < 4.78 is 38.7. The first-order valence-electron chi connectivity index (χ1n) is 9.50. The number of hydrogen-bond donors (Lipinski definition) is 1. The number of aromatic nitrogens is 5. The molecular weight excluding hydrogens is 429 g/mol. The van der Waals surface area contributed by atoms with Gasteiger partial charge in [-0.15, -0.1) is 0 Å². The molecule has 0 unspecified atom stereocenters. The number of fused-ring (bicyclic) bond motifs is 1. The minimum absolute atomic E-state index is 0.0197. The minimum atomic E-state index is -2.31. The van der Waals surface area contributed by atoms with E-state index < -0.39 is 11.7 Å². The van der Waals surface area contributed by atoms with Crippen molar-refractivity contribution >= 4 is 17.2 Å². The number of benzene rings is 1. The molecule has 1 saturated carbocycles. The number of aromatic amines is 1. The average molecular weight is 445 g/mol. The molecule has 10 heteroatoms. The lowest BCUT2D eigenvalue weighted by atomic mass is 10.1. The lowest BCUT2D eigenvalue weighted by Gasteiger charge is -2.04. The molecule has 1 fully saturated rings. The first-order valence-corrected chi connectivity index (χ1v) is 9.88. The lowest BCUT2D eigenvalue weighted by molar-refractivity contribution is 0.00931. The zero-order valence-corrected chi connectivity index (χ0v) is 16.9. The topological polar surface area (TPSA) is 82.7 Å². The van der Waals surface area contributed by atoms with Crippen LogP contribution in [-0.4, -0.2) is 30.5 Å². The zero-order chi connectivity index (χ0) is 22.0. The van der Waals surface area contributed by atoms with E-state index in [2.05, 4.69) is 20.1 Å². The third-order valence-corrected chi connectivity index (χ3v) is 5.19. The van der Waals surface area contributed by atoms with Gasteiger partial charge in [0.15, 0.2) is 11.3 Å². The molecule has 0 atom stereocenters. The molecule has 158 valence electrons. The quantitative estimate of drug-likeness (QED) is 0.433. The van der Waals surface area contributed by atoms with Gasteiger partial charge >= 0.3 is 0 Å². The van der Waals surface area contributed by atoms with Crippen molar-refractivity contribution in [2.75, 3.05) is 0 Å². The summed E-state index contributed by atoms with van der Waals surface area (Å²) >= 11 is 5.86. The summed E-state index contributed by atoms with van der Waals surface area (Å²) in [6.45, 7) is 0. The summed E-state index contributed by atoms with van der Waals surface area (Å²) in [6.07, 6.45) is 4.65. The summed E-state index contributed by atoms with van der Waals surface area (Å²) in [5.74, 6) is -2.80. The Hall–Kier alpha value is -3.38. The standard InChI is InChI=1S/C16H8ClFN6.C5H8F2/c17-11-5-9(1-2-12(11)18)15-16(22-8-21-15)13-3-4-14-20-7-10(6-19)24(14)23-13;6-5(7)3-1-2-4-5/h1-5,7-8H,(H,21,22);1-4H2. The van der Waals surface area contributed by atoms with Crippen molar-refractivity contribution < 1.29 is 13.2 Å². The lowest BCUT2D eigenvalue weighted by Crippen LogP contribution is -2.06.